The van der Waals surface area contributed by atoms with Gasteiger partial charge in [-0.2, -0.15) is 0 Å². The van der Waals surface area contributed by atoms with Crippen LogP contribution in [0.2, 0.25) is 0 Å². The molecule has 0 aliphatic heterocycles. The van der Waals surface area contributed by atoms with Crippen molar-refractivity contribution >= 4 is 5.91 Å². The Morgan fingerprint density at radius 1 is 1.16 bits per heavy atom. The van der Waals surface area contributed by atoms with E-state index in [4.69, 9.17) is 9.51 Å². The summed E-state index contributed by atoms with van der Waals surface area (Å²) in [7, 11) is 0. The molecule has 2 aliphatic carbocycles. The number of rotatable bonds is 4. The second-order valence-corrected chi connectivity index (χ2v) is 9.85. The van der Waals surface area contributed by atoms with Gasteiger partial charge in [0.1, 0.15) is 0 Å². The number of fused-ring (bicyclic) bond motifs is 1. The SMILES string of the molecule is CC1(C)Cc2nc(-c3ccncc3)ncc2[C@H](NC(=O)c2cc(C3CCCCC3)no2)C1. The van der Waals surface area contributed by atoms with Crippen molar-refractivity contribution < 1.29 is 9.32 Å². The molecule has 0 unspecified atom stereocenters. The van der Waals surface area contributed by atoms with Gasteiger partial charge in [0.25, 0.3) is 5.91 Å². The van der Waals surface area contributed by atoms with Crippen molar-refractivity contribution in [3.63, 3.8) is 0 Å². The average molecular weight is 432 g/mol. The first-order chi connectivity index (χ1) is 15.5. The van der Waals surface area contributed by atoms with E-state index in [1.807, 2.05) is 24.4 Å². The molecule has 1 fully saturated rings. The van der Waals surface area contributed by atoms with Gasteiger partial charge in [0.2, 0.25) is 5.76 Å². The van der Waals surface area contributed by atoms with E-state index in [1.165, 1.54) is 19.3 Å². The van der Waals surface area contributed by atoms with Gasteiger partial charge in [0, 0.05) is 41.7 Å². The van der Waals surface area contributed by atoms with Gasteiger partial charge < -0.3 is 9.84 Å². The first-order valence-corrected chi connectivity index (χ1v) is 11.5. The van der Waals surface area contributed by atoms with Gasteiger partial charge in [-0.1, -0.05) is 38.3 Å². The monoisotopic (exact) mass is 431 g/mol. The Hall–Kier alpha value is -3.09. The lowest BCUT2D eigenvalue weighted by Crippen LogP contribution is -2.37. The Morgan fingerprint density at radius 2 is 1.94 bits per heavy atom. The Balaban J connectivity index is 1.37. The first-order valence-electron chi connectivity index (χ1n) is 11.5. The quantitative estimate of drug-likeness (QED) is 0.623. The van der Waals surface area contributed by atoms with Gasteiger partial charge in [0.05, 0.1) is 17.4 Å². The summed E-state index contributed by atoms with van der Waals surface area (Å²) in [6, 6.07) is 5.46. The average Bonchev–Trinajstić information content (AvgIpc) is 3.30. The van der Waals surface area contributed by atoms with E-state index in [-0.39, 0.29) is 23.1 Å². The van der Waals surface area contributed by atoms with Crippen LogP contribution in [0.5, 0.6) is 0 Å². The molecule has 2 aliphatic rings. The molecule has 0 aromatic carbocycles. The third-order valence-corrected chi connectivity index (χ3v) is 6.70. The van der Waals surface area contributed by atoms with E-state index >= 15 is 0 Å². The summed E-state index contributed by atoms with van der Waals surface area (Å²) >= 11 is 0. The summed E-state index contributed by atoms with van der Waals surface area (Å²) in [6.07, 6.45) is 12.9. The van der Waals surface area contributed by atoms with Crippen molar-refractivity contribution in [1.82, 2.24) is 25.4 Å². The van der Waals surface area contributed by atoms with E-state index in [2.05, 4.69) is 34.3 Å². The van der Waals surface area contributed by atoms with Crippen molar-refractivity contribution in [1.29, 1.82) is 0 Å². The molecule has 0 saturated heterocycles. The lowest BCUT2D eigenvalue weighted by molar-refractivity contribution is 0.0881. The molecule has 3 aromatic rings. The van der Waals surface area contributed by atoms with Gasteiger partial charge in [-0.15, -0.1) is 0 Å². The number of nitrogens with zero attached hydrogens (tertiary/aromatic N) is 4. The molecule has 0 spiro atoms. The van der Waals surface area contributed by atoms with E-state index in [0.29, 0.717) is 11.7 Å². The van der Waals surface area contributed by atoms with Crippen molar-refractivity contribution in [2.45, 2.75) is 70.8 Å². The molecule has 1 atom stereocenters. The zero-order valence-electron chi connectivity index (χ0n) is 18.7. The zero-order chi connectivity index (χ0) is 22.1. The zero-order valence-corrected chi connectivity index (χ0v) is 18.7. The van der Waals surface area contributed by atoms with Crippen molar-refractivity contribution in [3.05, 3.63) is 59.5 Å². The van der Waals surface area contributed by atoms with Crippen LogP contribution in [-0.2, 0) is 6.42 Å². The van der Waals surface area contributed by atoms with Crippen LogP contribution in [0.4, 0.5) is 0 Å². The maximum absolute atomic E-state index is 13.0. The normalized spacial score (nSPS) is 20.5. The first kappa shape index (κ1) is 20.8. The molecule has 1 saturated carbocycles. The van der Waals surface area contributed by atoms with E-state index in [9.17, 15) is 4.79 Å². The lowest BCUT2D eigenvalue weighted by Gasteiger charge is -2.36. The second-order valence-electron chi connectivity index (χ2n) is 9.85. The molecule has 1 N–H and O–H groups in total. The molecule has 166 valence electrons. The maximum Gasteiger partial charge on any atom is 0.290 e. The van der Waals surface area contributed by atoms with Crippen LogP contribution in [0.15, 0.2) is 41.3 Å². The largest absolute Gasteiger partial charge is 0.351 e. The highest BCUT2D eigenvalue weighted by Crippen LogP contribution is 2.40. The fourth-order valence-corrected chi connectivity index (χ4v) is 5.03. The van der Waals surface area contributed by atoms with Gasteiger partial charge in [-0.25, -0.2) is 9.97 Å². The van der Waals surface area contributed by atoms with Gasteiger partial charge in [-0.3, -0.25) is 9.78 Å². The van der Waals surface area contributed by atoms with Crippen LogP contribution in [0.25, 0.3) is 11.4 Å². The van der Waals surface area contributed by atoms with E-state index in [1.54, 1.807) is 12.4 Å². The topological polar surface area (TPSA) is 93.8 Å². The molecule has 0 bridgehead atoms. The summed E-state index contributed by atoms with van der Waals surface area (Å²) < 4.78 is 5.44. The van der Waals surface area contributed by atoms with Crippen LogP contribution >= 0.6 is 0 Å². The third kappa shape index (κ3) is 4.29. The Bertz CT molecular complexity index is 1100. The highest BCUT2D eigenvalue weighted by Gasteiger charge is 2.35. The number of carbonyl (C=O) groups is 1. The van der Waals surface area contributed by atoms with Crippen molar-refractivity contribution in [2.24, 2.45) is 5.41 Å². The highest BCUT2D eigenvalue weighted by atomic mass is 16.5. The Morgan fingerprint density at radius 3 is 2.72 bits per heavy atom. The number of pyridine rings is 1. The number of carbonyl (C=O) groups excluding carboxylic acids is 1. The Labute approximate surface area is 188 Å². The molecule has 32 heavy (non-hydrogen) atoms. The number of amides is 1. The minimum Gasteiger partial charge on any atom is -0.351 e. The van der Waals surface area contributed by atoms with Crippen LogP contribution in [0.3, 0.4) is 0 Å². The molecule has 3 heterocycles. The smallest absolute Gasteiger partial charge is 0.290 e. The van der Waals surface area contributed by atoms with Crippen LogP contribution < -0.4 is 5.32 Å². The van der Waals surface area contributed by atoms with E-state index in [0.717, 1.165) is 48.2 Å². The maximum atomic E-state index is 13.0. The standard InChI is InChI=1S/C25H29N5O2/c1-25(2)13-20-18(15-27-23(28-20)17-8-10-26-11-9-17)21(14-25)29-24(31)22-12-19(30-32-22)16-6-4-3-5-7-16/h8-12,15-16,21H,3-7,13-14H2,1-2H3,(H,29,31)/t21-/m1/s1. The minimum atomic E-state index is -0.230. The highest BCUT2D eigenvalue weighted by molar-refractivity contribution is 5.91. The number of hydrogen-bond acceptors (Lipinski definition) is 6. The number of hydrogen-bond donors (Lipinski definition) is 1. The van der Waals surface area contributed by atoms with Gasteiger partial charge in [-0.05, 0) is 43.2 Å². The van der Waals surface area contributed by atoms with Crippen LogP contribution in [0, 0.1) is 5.41 Å². The fourth-order valence-electron chi connectivity index (χ4n) is 5.03. The molecule has 7 nitrogen and oxygen atoms in total. The second kappa shape index (κ2) is 8.45. The summed E-state index contributed by atoms with van der Waals surface area (Å²) in [5.41, 5.74) is 3.80. The lowest BCUT2D eigenvalue weighted by atomic mass is 9.74. The summed E-state index contributed by atoms with van der Waals surface area (Å²) in [4.78, 5) is 26.5. The predicted octanol–water partition coefficient (Wildman–Crippen LogP) is 5.02. The summed E-state index contributed by atoms with van der Waals surface area (Å²) in [6.45, 7) is 4.41. The molecule has 7 heteroatoms. The van der Waals surface area contributed by atoms with Crippen molar-refractivity contribution in [2.75, 3.05) is 0 Å². The van der Waals surface area contributed by atoms with E-state index < -0.39 is 0 Å². The van der Waals surface area contributed by atoms with Crippen molar-refractivity contribution in [3.8, 4) is 11.4 Å². The number of nitrogens with one attached hydrogen (secondary N) is 1. The summed E-state index contributed by atoms with van der Waals surface area (Å²) in [5.74, 6) is 1.14. The number of aromatic nitrogens is 4. The molecular formula is C25H29N5O2. The van der Waals surface area contributed by atoms with Gasteiger partial charge >= 0.3 is 0 Å². The molecular weight excluding hydrogens is 402 g/mol. The molecule has 3 aromatic heterocycles. The molecule has 0 radical (unpaired) electrons. The Kier molecular flexibility index (Phi) is 5.49. The predicted molar refractivity (Wildman–Crippen MR) is 120 cm³/mol. The summed E-state index contributed by atoms with van der Waals surface area (Å²) in [5, 5.41) is 7.37. The van der Waals surface area contributed by atoms with Crippen LogP contribution in [0.1, 0.15) is 91.8 Å². The molecule has 5 rings (SSSR count). The molecule has 1 amide bonds. The minimum absolute atomic E-state index is 0.00346. The fraction of sp³-hybridized carbons (Fsp3) is 0.480. The van der Waals surface area contributed by atoms with Crippen LogP contribution in [-0.4, -0.2) is 26.0 Å². The van der Waals surface area contributed by atoms with Gasteiger partial charge in [0.15, 0.2) is 5.82 Å². The third-order valence-electron chi connectivity index (χ3n) is 6.70.